The Morgan fingerprint density at radius 3 is 2.72 bits per heavy atom. The number of hydrogen-bond acceptors (Lipinski definition) is 4. The van der Waals surface area contributed by atoms with Gasteiger partial charge >= 0.3 is 0 Å². The smallest absolute Gasteiger partial charge is 0.123 e. The predicted octanol–water partition coefficient (Wildman–Crippen LogP) is 2.90. The van der Waals surface area contributed by atoms with Crippen molar-refractivity contribution in [3.8, 4) is 5.75 Å². The molecule has 0 aliphatic carbocycles. The van der Waals surface area contributed by atoms with Gasteiger partial charge in [-0.25, -0.2) is 0 Å². The number of nitrogens with two attached hydrogens (primary N) is 1. The van der Waals surface area contributed by atoms with Crippen molar-refractivity contribution >= 4 is 11.4 Å². The maximum Gasteiger partial charge on any atom is 0.123 e. The summed E-state index contributed by atoms with van der Waals surface area (Å²) in [5.74, 6) is 1.69. The van der Waals surface area contributed by atoms with Crippen molar-refractivity contribution < 1.29 is 9.15 Å². The second-order valence-electron chi connectivity index (χ2n) is 4.02. The fraction of sp³-hybridized carbons (Fsp3) is 0.286. The lowest BCUT2D eigenvalue weighted by Crippen LogP contribution is -2.22. The quantitative estimate of drug-likeness (QED) is 0.824. The third kappa shape index (κ3) is 2.59. The molecule has 4 heteroatoms. The molecule has 1 aromatic carbocycles. The van der Waals surface area contributed by atoms with Crippen molar-refractivity contribution in [1.82, 2.24) is 0 Å². The van der Waals surface area contributed by atoms with Gasteiger partial charge in [0.25, 0.3) is 0 Å². The first-order valence-corrected chi connectivity index (χ1v) is 5.95. The highest BCUT2D eigenvalue weighted by molar-refractivity contribution is 5.69. The van der Waals surface area contributed by atoms with Crippen LogP contribution < -0.4 is 15.4 Å². The molecule has 0 fully saturated rings. The van der Waals surface area contributed by atoms with E-state index in [1.165, 1.54) is 0 Å². The highest BCUT2D eigenvalue weighted by atomic mass is 16.5. The maximum absolute atomic E-state index is 6.05. The van der Waals surface area contributed by atoms with Crippen molar-refractivity contribution in [2.24, 2.45) is 0 Å². The van der Waals surface area contributed by atoms with E-state index >= 15 is 0 Å². The van der Waals surface area contributed by atoms with Gasteiger partial charge in [-0.15, -0.1) is 0 Å². The van der Waals surface area contributed by atoms with E-state index in [1.54, 1.807) is 13.4 Å². The fourth-order valence-electron chi connectivity index (χ4n) is 1.91. The van der Waals surface area contributed by atoms with E-state index in [1.807, 2.05) is 30.3 Å². The van der Waals surface area contributed by atoms with Gasteiger partial charge in [0.15, 0.2) is 0 Å². The molecule has 2 N–H and O–H groups in total. The van der Waals surface area contributed by atoms with E-state index in [0.29, 0.717) is 12.2 Å². The second-order valence-corrected chi connectivity index (χ2v) is 4.02. The number of nitrogen functional groups attached to an aromatic ring is 1. The molecule has 1 heterocycles. The van der Waals surface area contributed by atoms with Crippen LogP contribution in [0, 0.1) is 0 Å². The molecule has 0 radical (unpaired) electrons. The molecule has 96 valence electrons. The molecular weight excluding hydrogens is 228 g/mol. The van der Waals surface area contributed by atoms with Crippen LogP contribution in [0.1, 0.15) is 12.7 Å². The Hall–Kier alpha value is -2.10. The molecule has 0 unspecified atom stereocenters. The van der Waals surface area contributed by atoms with Crippen molar-refractivity contribution in [2.75, 3.05) is 24.3 Å². The molecule has 0 bridgehead atoms. The molecule has 2 rings (SSSR count). The van der Waals surface area contributed by atoms with Crippen LogP contribution in [0.15, 0.2) is 41.0 Å². The first-order valence-electron chi connectivity index (χ1n) is 5.95. The van der Waals surface area contributed by atoms with Crippen LogP contribution >= 0.6 is 0 Å². The summed E-state index contributed by atoms with van der Waals surface area (Å²) in [5, 5.41) is 0. The first kappa shape index (κ1) is 12.4. The lowest BCUT2D eigenvalue weighted by molar-refractivity contribution is 0.415. The number of anilines is 2. The van der Waals surface area contributed by atoms with Crippen LogP contribution in [0.3, 0.4) is 0 Å². The standard InChI is InChI=1S/C14H18N2O2/c1-3-16(10-12-5-4-8-18-12)14-7-6-11(17-2)9-13(14)15/h4-9H,3,10,15H2,1-2H3. The maximum atomic E-state index is 6.05. The van der Waals surface area contributed by atoms with Crippen LogP contribution in [0.5, 0.6) is 5.75 Å². The van der Waals surface area contributed by atoms with Crippen LogP contribution in [-0.4, -0.2) is 13.7 Å². The van der Waals surface area contributed by atoms with Crippen molar-refractivity contribution in [3.63, 3.8) is 0 Å². The Kier molecular flexibility index (Phi) is 3.77. The third-order valence-electron chi connectivity index (χ3n) is 2.88. The fourth-order valence-corrected chi connectivity index (χ4v) is 1.91. The Morgan fingerprint density at radius 1 is 1.33 bits per heavy atom. The number of hydrogen-bond donors (Lipinski definition) is 1. The van der Waals surface area contributed by atoms with Gasteiger partial charge in [-0.2, -0.15) is 0 Å². The third-order valence-corrected chi connectivity index (χ3v) is 2.88. The summed E-state index contributed by atoms with van der Waals surface area (Å²) >= 11 is 0. The summed E-state index contributed by atoms with van der Waals surface area (Å²) in [6, 6.07) is 9.57. The molecule has 0 aliphatic rings. The number of rotatable bonds is 5. The number of methoxy groups -OCH3 is 1. The minimum Gasteiger partial charge on any atom is -0.497 e. The van der Waals surface area contributed by atoms with E-state index in [9.17, 15) is 0 Å². The molecular formula is C14H18N2O2. The van der Waals surface area contributed by atoms with E-state index in [0.717, 1.165) is 23.7 Å². The van der Waals surface area contributed by atoms with E-state index in [4.69, 9.17) is 14.9 Å². The normalized spacial score (nSPS) is 10.3. The lowest BCUT2D eigenvalue weighted by Gasteiger charge is -2.23. The monoisotopic (exact) mass is 246 g/mol. The van der Waals surface area contributed by atoms with Gasteiger partial charge in [-0.1, -0.05) is 0 Å². The number of furan rings is 1. The molecule has 1 aromatic heterocycles. The van der Waals surface area contributed by atoms with E-state index < -0.39 is 0 Å². The highest BCUT2D eigenvalue weighted by Crippen LogP contribution is 2.28. The first-order chi connectivity index (χ1) is 8.74. The zero-order valence-electron chi connectivity index (χ0n) is 10.7. The zero-order valence-corrected chi connectivity index (χ0v) is 10.7. The van der Waals surface area contributed by atoms with Gasteiger partial charge in [-0.3, -0.25) is 0 Å². The molecule has 0 spiro atoms. The number of ether oxygens (including phenoxy) is 1. The Labute approximate surface area is 107 Å². The van der Waals surface area contributed by atoms with Gasteiger partial charge < -0.3 is 19.8 Å². The Bertz CT molecular complexity index is 495. The van der Waals surface area contributed by atoms with E-state index in [2.05, 4.69) is 11.8 Å². The second kappa shape index (κ2) is 5.49. The molecule has 0 amide bonds. The summed E-state index contributed by atoms with van der Waals surface area (Å²) in [5.41, 5.74) is 7.76. The molecule has 0 aliphatic heterocycles. The summed E-state index contributed by atoms with van der Waals surface area (Å²) in [4.78, 5) is 2.16. The number of nitrogens with zero attached hydrogens (tertiary/aromatic N) is 1. The van der Waals surface area contributed by atoms with Gasteiger partial charge in [0.2, 0.25) is 0 Å². The van der Waals surface area contributed by atoms with Gasteiger partial charge in [0.1, 0.15) is 11.5 Å². The van der Waals surface area contributed by atoms with Crippen LogP contribution in [0.4, 0.5) is 11.4 Å². The summed E-state index contributed by atoms with van der Waals surface area (Å²) in [7, 11) is 1.63. The summed E-state index contributed by atoms with van der Waals surface area (Å²) in [6.07, 6.45) is 1.68. The minimum absolute atomic E-state index is 0.708. The highest BCUT2D eigenvalue weighted by Gasteiger charge is 2.10. The van der Waals surface area contributed by atoms with Crippen molar-refractivity contribution in [3.05, 3.63) is 42.4 Å². The topological polar surface area (TPSA) is 51.6 Å². The van der Waals surface area contributed by atoms with Crippen molar-refractivity contribution in [2.45, 2.75) is 13.5 Å². The Morgan fingerprint density at radius 2 is 2.17 bits per heavy atom. The molecule has 4 nitrogen and oxygen atoms in total. The lowest BCUT2D eigenvalue weighted by atomic mass is 10.2. The van der Waals surface area contributed by atoms with Gasteiger partial charge in [0, 0.05) is 12.6 Å². The SMILES string of the molecule is CCN(Cc1ccco1)c1ccc(OC)cc1N. The van der Waals surface area contributed by atoms with Gasteiger partial charge in [-0.05, 0) is 31.2 Å². The van der Waals surface area contributed by atoms with Crippen LogP contribution in [0.25, 0.3) is 0 Å². The molecule has 2 aromatic rings. The predicted molar refractivity (Wildman–Crippen MR) is 72.8 cm³/mol. The molecule has 0 atom stereocenters. The molecule has 0 saturated carbocycles. The minimum atomic E-state index is 0.708. The average molecular weight is 246 g/mol. The summed E-state index contributed by atoms with van der Waals surface area (Å²) < 4.78 is 10.5. The van der Waals surface area contributed by atoms with Gasteiger partial charge in [0.05, 0.1) is 31.3 Å². The number of benzene rings is 1. The largest absolute Gasteiger partial charge is 0.497 e. The summed E-state index contributed by atoms with van der Waals surface area (Å²) in [6.45, 7) is 3.66. The van der Waals surface area contributed by atoms with E-state index in [-0.39, 0.29) is 0 Å². The average Bonchev–Trinajstić information content (AvgIpc) is 2.89. The molecule has 18 heavy (non-hydrogen) atoms. The van der Waals surface area contributed by atoms with Crippen LogP contribution in [0.2, 0.25) is 0 Å². The molecule has 0 saturated heterocycles. The Balaban J connectivity index is 2.22. The van der Waals surface area contributed by atoms with Crippen molar-refractivity contribution in [1.29, 1.82) is 0 Å². The zero-order chi connectivity index (χ0) is 13.0. The van der Waals surface area contributed by atoms with Crippen LogP contribution in [-0.2, 0) is 6.54 Å².